The number of carbonyl (C=O) groups excluding carboxylic acids is 2. The molecule has 0 unspecified atom stereocenters. The molecular weight excluding hydrogens is 320 g/mol. The van der Waals surface area contributed by atoms with Crippen LogP contribution in [0.3, 0.4) is 0 Å². The molecule has 25 heavy (non-hydrogen) atoms. The Morgan fingerprint density at radius 2 is 1.96 bits per heavy atom. The van der Waals surface area contributed by atoms with E-state index in [4.69, 9.17) is 4.42 Å². The van der Waals surface area contributed by atoms with E-state index in [1.807, 2.05) is 20.8 Å². The van der Waals surface area contributed by atoms with Gasteiger partial charge in [-0.2, -0.15) is 0 Å². The maximum Gasteiger partial charge on any atom is 0.288 e. The summed E-state index contributed by atoms with van der Waals surface area (Å²) in [5, 5.41) is 5.62. The number of aromatic nitrogens is 2. The Bertz CT molecular complexity index is 904. The van der Waals surface area contributed by atoms with E-state index in [-0.39, 0.29) is 29.9 Å². The number of carbonyl (C=O) groups is 2. The normalized spacial score (nSPS) is 11.5. The number of amides is 2. The van der Waals surface area contributed by atoms with Crippen molar-refractivity contribution in [3.05, 3.63) is 60.1 Å². The van der Waals surface area contributed by atoms with Crippen molar-refractivity contribution in [2.24, 2.45) is 0 Å². The van der Waals surface area contributed by atoms with Gasteiger partial charge in [0.2, 0.25) is 5.82 Å². The van der Waals surface area contributed by atoms with E-state index < -0.39 is 5.54 Å². The Morgan fingerprint density at radius 1 is 1.16 bits per heavy atom. The van der Waals surface area contributed by atoms with Gasteiger partial charge in [0.1, 0.15) is 5.76 Å². The number of nitrogens with zero attached hydrogens (tertiary/aromatic N) is 2. The zero-order chi connectivity index (χ0) is 18.0. The van der Waals surface area contributed by atoms with Gasteiger partial charge in [0, 0.05) is 11.7 Å². The minimum absolute atomic E-state index is 0.175. The third-order valence-corrected chi connectivity index (χ3v) is 3.46. The van der Waals surface area contributed by atoms with Crippen LogP contribution < -0.4 is 10.6 Å². The molecule has 0 aliphatic heterocycles. The predicted octanol–water partition coefficient (Wildman–Crippen LogP) is 2.39. The molecule has 0 aliphatic rings. The second-order valence-electron chi connectivity index (χ2n) is 6.71. The molecule has 0 saturated carbocycles. The minimum Gasteiger partial charge on any atom is -0.467 e. The minimum atomic E-state index is -0.403. The summed E-state index contributed by atoms with van der Waals surface area (Å²) in [6.45, 7) is 5.91. The molecule has 3 aromatic rings. The number of hydrogen-bond acceptors (Lipinski definition) is 4. The van der Waals surface area contributed by atoms with Gasteiger partial charge in [-0.15, -0.1) is 0 Å². The summed E-state index contributed by atoms with van der Waals surface area (Å²) in [5.74, 6) is 0.116. The molecule has 130 valence electrons. The number of nitrogens with one attached hydrogen (secondary N) is 2. The van der Waals surface area contributed by atoms with Gasteiger partial charge in [-0.05, 0) is 45.0 Å². The Morgan fingerprint density at radius 3 is 2.64 bits per heavy atom. The second kappa shape index (κ2) is 6.43. The molecule has 0 aromatic carbocycles. The molecule has 0 bridgehead atoms. The van der Waals surface area contributed by atoms with Crippen molar-refractivity contribution in [1.82, 2.24) is 20.0 Å². The predicted molar refractivity (Wildman–Crippen MR) is 92.3 cm³/mol. The third kappa shape index (κ3) is 3.71. The fourth-order valence-corrected chi connectivity index (χ4v) is 2.43. The topological polar surface area (TPSA) is 88.6 Å². The van der Waals surface area contributed by atoms with E-state index in [1.165, 1.54) is 0 Å². The van der Waals surface area contributed by atoms with Crippen LogP contribution in [0.15, 0.2) is 47.2 Å². The molecule has 3 rings (SSSR count). The lowest BCUT2D eigenvalue weighted by Crippen LogP contribution is -2.41. The van der Waals surface area contributed by atoms with Crippen LogP contribution in [-0.4, -0.2) is 26.7 Å². The highest BCUT2D eigenvalue weighted by Gasteiger charge is 2.24. The monoisotopic (exact) mass is 340 g/mol. The van der Waals surface area contributed by atoms with Crippen molar-refractivity contribution in [2.45, 2.75) is 32.9 Å². The summed E-state index contributed by atoms with van der Waals surface area (Å²) in [7, 11) is 0. The molecule has 3 heterocycles. The zero-order valence-electron chi connectivity index (χ0n) is 14.4. The lowest BCUT2D eigenvalue weighted by atomic mass is 10.1. The summed E-state index contributed by atoms with van der Waals surface area (Å²) in [6, 6.07) is 8.86. The van der Waals surface area contributed by atoms with Gasteiger partial charge >= 0.3 is 0 Å². The van der Waals surface area contributed by atoms with Crippen LogP contribution in [0, 0.1) is 0 Å². The van der Waals surface area contributed by atoms with E-state index >= 15 is 0 Å². The summed E-state index contributed by atoms with van der Waals surface area (Å²) < 4.78 is 6.82. The Labute approximate surface area is 145 Å². The van der Waals surface area contributed by atoms with Gasteiger partial charge in [-0.25, -0.2) is 4.98 Å². The quantitative estimate of drug-likeness (QED) is 0.763. The van der Waals surface area contributed by atoms with E-state index in [0.717, 1.165) is 0 Å². The van der Waals surface area contributed by atoms with Crippen molar-refractivity contribution in [2.75, 3.05) is 0 Å². The second-order valence-corrected chi connectivity index (χ2v) is 6.71. The first-order valence-electron chi connectivity index (χ1n) is 7.95. The number of pyridine rings is 1. The van der Waals surface area contributed by atoms with E-state index in [9.17, 15) is 9.59 Å². The maximum atomic E-state index is 12.5. The number of imidazole rings is 1. The number of furan rings is 1. The molecule has 0 spiro atoms. The van der Waals surface area contributed by atoms with Crippen molar-refractivity contribution in [3.8, 4) is 0 Å². The lowest BCUT2D eigenvalue weighted by molar-refractivity contribution is 0.0908. The fraction of sp³-hybridized carbons (Fsp3) is 0.278. The molecule has 0 aliphatic carbocycles. The SMILES string of the molecule is CC(C)(C)NC(=O)c1nc(C(=O)NCc2ccco2)c2ccccn12. The molecule has 2 amide bonds. The van der Waals surface area contributed by atoms with Crippen LogP contribution in [-0.2, 0) is 6.54 Å². The number of hydrogen-bond donors (Lipinski definition) is 2. The van der Waals surface area contributed by atoms with Gasteiger partial charge in [0.05, 0.1) is 18.3 Å². The van der Waals surface area contributed by atoms with Crippen molar-refractivity contribution in [3.63, 3.8) is 0 Å². The van der Waals surface area contributed by atoms with Gasteiger partial charge in [-0.3, -0.25) is 14.0 Å². The van der Waals surface area contributed by atoms with Crippen molar-refractivity contribution in [1.29, 1.82) is 0 Å². The van der Waals surface area contributed by atoms with E-state index in [2.05, 4.69) is 15.6 Å². The van der Waals surface area contributed by atoms with Crippen LogP contribution >= 0.6 is 0 Å². The van der Waals surface area contributed by atoms with E-state index in [0.29, 0.717) is 11.3 Å². The molecule has 0 saturated heterocycles. The van der Waals surface area contributed by atoms with Crippen LogP contribution in [0.2, 0.25) is 0 Å². The summed E-state index contributed by atoms with van der Waals surface area (Å²) in [5.41, 5.74) is 0.365. The maximum absolute atomic E-state index is 12.5. The first-order valence-corrected chi connectivity index (χ1v) is 7.95. The molecular formula is C18H20N4O3. The largest absolute Gasteiger partial charge is 0.467 e. The van der Waals surface area contributed by atoms with Gasteiger partial charge < -0.3 is 15.1 Å². The Kier molecular flexibility index (Phi) is 4.31. The highest BCUT2D eigenvalue weighted by Crippen LogP contribution is 2.14. The van der Waals surface area contributed by atoms with Crippen LogP contribution in [0.4, 0.5) is 0 Å². The van der Waals surface area contributed by atoms with Gasteiger partial charge in [-0.1, -0.05) is 6.07 Å². The van der Waals surface area contributed by atoms with Crippen LogP contribution in [0.1, 0.15) is 47.6 Å². The molecule has 7 nitrogen and oxygen atoms in total. The average Bonchev–Trinajstić information content (AvgIpc) is 3.18. The number of fused-ring (bicyclic) bond motifs is 1. The molecule has 2 N–H and O–H groups in total. The first kappa shape index (κ1) is 16.8. The number of rotatable bonds is 4. The molecule has 7 heteroatoms. The van der Waals surface area contributed by atoms with Gasteiger partial charge in [0.25, 0.3) is 11.8 Å². The molecule has 0 atom stereocenters. The van der Waals surface area contributed by atoms with Crippen LogP contribution in [0.25, 0.3) is 5.52 Å². The summed E-state index contributed by atoms with van der Waals surface area (Å²) >= 11 is 0. The summed E-state index contributed by atoms with van der Waals surface area (Å²) in [4.78, 5) is 29.3. The standard InChI is InChI=1S/C18H20N4O3/c1-18(2,3)21-17(24)15-20-14(13-8-4-5-9-22(13)15)16(23)19-11-12-7-6-10-25-12/h4-10H,11H2,1-3H3,(H,19,23)(H,21,24). The van der Waals surface area contributed by atoms with Crippen molar-refractivity contribution >= 4 is 17.3 Å². The summed E-state index contributed by atoms with van der Waals surface area (Å²) in [6.07, 6.45) is 3.26. The van der Waals surface area contributed by atoms with Crippen LogP contribution in [0.5, 0.6) is 0 Å². The van der Waals surface area contributed by atoms with E-state index in [1.54, 1.807) is 47.2 Å². The molecule has 0 radical (unpaired) electrons. The molecule has 0 fully saturated rings. The molecule has 3 aromatic heterocycles. The first-order chi connectivity index (χ1) is 11.8. The third-order valence-electron chi connectivity index (χ3n) is 3.46. The van der Waals surface area contributed by atoms with Gasteiger partial charge in [0.15, 0.2) is 5.69 Å². The Balaban J connectivity index is 1.90. The lowest BCUT2D eigenvalue weighted by Gasteiger charge is -2.19. The zero-order valence-corrected chi connectivity index (χ0v) is 14.4. The highest BCUT2D eigenvalue weighted by molar-refractivity contribution is 6.02. The average molecular weight is 340 g/mol. The van der Waals surface area contributed by atoms with Crippen molar-refractivity contribution < 1.29 is 14.0 Å². The highest BCUT2D eigenvalue weighted by atomic mass is 16.3. The smallest absolute Gasteiger partial charge is 0.288 e. The fourth-order valence-electron chi connectivity index (χ4n) is 2.43. The Hall–Kier alpha value is -3.09.